The van der Waals surface area contributed by atoms with E-state index in [4.69, 9.17) is 4.55 Å². The Morgan fingerprint density at radius 3 is 1.57 bits per heavy atom. The fraction of sp³-hybridized carbons (Fsp3) is 1.00. The number of hydrogen-bond donors (Lipinski definition) is 1. The molecule has 23 heavy (non-hydrogen) atoms. The maximum absolute atomic E-state index is 10.2. The third-order valence-electron chi connectivity index (χ3n) is 3.44. The topological polar surface area (TPSA) is 66.8 Å². The molecular weight excluding hydrogens is 314 g/mol. The Hall–Kier alpha value is -0.170. The van der Waals surface area contributed by atoms with Crippen LogP contribution in [0.5, 0.6) is 0 Å². The van der Waals surface area contributed by atoms with Crippen LogP contribution >= 0.6 is 0 Å². The molecule has 0 saturated carbocycles. The summed E-state index contributed by atoms with van der Waals surface area (Å²) in [6.07, 6.45) is 13.1. The third-order valence-corrected chi connectivity index (χ3v) is 3.90. The van der Waals surface area contributed by atoms with E-state index in [1.807, 2.05) is 0 Å². The van der Waals surface area contributed by atoms with E-state index in [-0.39, 0.29) is 6.61 Å². The highest BCUT2D eigenvalue weighted by atomic mass is 32.3. The monoisotopic (exact) mass is 353 g/mol. The fourth-order valence-corrected chi connectivity index (χ4v) is 2.38. The number of nitrogens with zero attached hydrogens (tertiary/aromatic N) is 1. The zero-order valence-electron chi connectivity index (χ0n) is 15.7. The normalized spacial score (nSPS) is 11.4. The molecule has 0 spiro atoms. The van der Waals surface area contributed by atoms with Gasteiger partial charge in [-0.05, 0) is 33.5 Å². The van der Waals surface area contributed by atoms with Crippen LogP contribution in [0.25, 0.3) is 0 Å². The van der Waals surface area contributed by atoms with Crippen molar-refractivity contribution in [2.24, 2.45) is 0 Å². The molecular formula is C17H39NO4S. The quantitative estimate of drug-likeness (QED) is 0.362. The highest BCUT2D eigenvalue weighted by molar-refractivity contribution is 7.80. The van der Waals surface area contributed by atoms with Gasteiger partial charge in [0.25, 0.3) is 0 Å². The lowest BCUT2D eigenvalue weighted by atomic mass is 10.1. The van der Waals surface area contributed by atoms with Crippen molar-refractivity contribution in [2.45, 2.75) is 84.5 Å². The van der Waals surface area contributed by atoms with Crippen LogP contribution in [0.2, 0.25) is 0 Å². The lowest BCUT2D eigenvalue weighted by Gasteiger charge is -2.05. The van der Waals surface area contributed by atoms with E-state index in [0.717, 1.165) is 12.8 Å². The molecule has 1 N–H and O–H groups in total. The summed E-state index contributed by atoms with van der Waals surface area (Å²) in [7, 11) is -0.0182. The Balaban J connectivity index is 0. The predicted molar refractivity (Wildman–Crippen MR) is 98.2 cm³/mol. The molecule has 0 rings (SSSR count). The van der Waals surface area contributed by atoms with Gasteiger partial charge in [0.05, 0.1) is 6.61 Å². The zero-order chi connectivity index (χ0) is 18.0. The maximum atomic E-state index is 10.2. The van der Waals surface area contributed by atoms with Crippen molar-refractivity contribution in [2.75, 3.05) is 27.2 Å². The van der Waals surface area contributed by atoms with Gasteiger partial charge in [-0.2, -0.15) is 8.42 Å². The second kappa shape index (κ2) is 18.2. The lowest BCUT2D eigenvalue weighted by Crippen LogP contribution is -2.12. The molecule has 0 radical (unpaired) electrons. The van der Waals surface area contributed by atoms with Crippen molar-refractivity contribution in [3.05, 3.63) is 0 Å². The molecule has 0 unspecified atom stereocenters. The van der Waals surface area contributed by atoms with E-state index in [2.05, 4.69) is 37.0 Å². The molecule has 5 nitrogen and oxygen atoms in total. The molecule has 0 aromatic rings. The first-order valence-corrected chi connectivity index (χ1v) is 10.5. The third kappa shape index (κ3) is 30.3. The average Bonchev–Trinajstić information content (AvgIpc) is 2.46. The maximum Gasteiger partial charge on any atom is 0.397 e. The SMILES string of the molecule is CCCCCCCCCCCOS(=O)(=O)O.CCCCN(C)C. The van der Waals surface area contributed by atoms with Gasteiger partial charge in [0.1, 0.15) is 0 Å². The first kappa shape index (κ1) is 25.1. The van der Waals surface area contributed by atoms with Gasteiger partial charge in [0.15, 0.2) is 0 Å². The van der Waals surface area contributed by atoms with Crippen LogP contribution < -0.4 is 0 Å². The zero-order valence-corrected chi connectivity index (χ0v) is 16.5. The van der Waals surface area contributed by atoms with Crippen molar-refractivity contribution in [1.82, 2.24) is 4.90 Å². The average molecular weight is 354 g/mol. The van der Waals surface area contributed by atoms with E-state index in [9.17, 15) is 8.42 Å². The second-order valence-corrected chi connectivity index (χ2v) is 7.33. The molecule has 142 valence electrons. The number of unbranched alkanes of at least 4 members (excludes halogenated alkanes) is 9. The Kier molecular flexibility index (Phi) is 19.8. The second-order valence-electron chi connectivity index (χ2n) is 6.23. The van der Waals surface area contributed by atoms with Gasteiger partial charge in [-0.1, -0.05) is 71.6 Å². The molecule has 6 heteroatoms. The summed E-state index contributed by atoms with van der Waals surface area (Å²) < 4.78 is 32.9. The highest BCUT2D eigenvalue weighted by Gasteiger charge is 2.02. The summed E-state index contributed by atoms with van der Waals surface area (Å²) >= 11 is 0. The molecule has 0 aliphatic heterocycles. The molecule has 0 saturated heterocycles. The van der Waals surface area contributed by atoms with Crippen molar-refractivity contribution < 1.29 is 17.2 Å². The van der Waals surface area contributed by atoms with Crippen molar-refractivity contribution in [3.63, 3.8) is 0 Å². The minimum atomic E-state index is -4.23. The Bertz CT molecular complexity index is 319. The van der Waals surface area contributed by atoms with Gasteiger partial charge in [0, 0.05) is 0 Å². The van der Waals surface area contributed by atoms with E-state index in [0.29, 0.717) is 6.42 Å². The molecule has 0 aromatic carbocycles. The summed E-state index contributed by atoms with van der Waals surface area (Å²) in [5, 5.41) is 0. The Morgan fingerprint density at radius 1 is 0.783 bits per heavy atom. The highest BCUT2D eigenvalue weighted by Crippen LogP contribution is 2.09. The lowest BCUT2D eigenvalue weighted by molar-refractivity contribution is 0.261. The van der Waals surface area contributed by atoms with Gasteiger partial charge < -0.3 is 4.90 Å². The molecule has 0 aliphatic rings. The molecule has 0 heterocycles. The van der Waals surface area contributed by atoms with Gasteiger partial charge >= 0.3 is 10.4 Å². The van der Waals surface area contributed by atoms with Crippen LogP contribution in [0.1, 0.15) is 84.5 Å². The van der Waals surface area contributed by atoms with E-state index in [1.54, 1.807) is 0 Å². The summed E-state index contributed by atoms with van der Waals surface area (Å²) in [5.41, 5.74) is 0. The predicted octanol–water partition coefficient (Wildman–Crippen LogP) is 4.68. The van der Waals surface area contributed by atoms with Crippen LogP contribution in [0.15, 0.2) is 0 Å². The minimum Gasteiger partial charge on any atom is -0.309 e. The molecule has 0 amide bonds. The smallest absolute Gasteiger partial charge is 0.309 e. The van der Waals surface area contributed by atoms with Crippen LogP contribution in [0.4, 0.5) is 0 Å². The van der Waals surface area contributed by atoms with Crippen molar-refractivity contribution >= 4 is 10.4 Å². The Labute approximate surface area is 144 Å². The first-order chi connectivity index (χ1) is 10.8. The Morgan fingerprint density at radius 2 is 1.22 bits per heavy atom. The van der Waals surface area contributed by atoms with Crippen LogP contribution in [0, 0.1) is 0 Å². The van der Waals surface area contributed by atoms with E-state index >= 15 is 0 Å². The molecule has 0 aromatic heterocycles. The summed E-state index contributed by atoms with van der Waals surface area (Å²) in [6, 6.07) is 0. The fourth-order valence-electron chi connectivity index (χ4n) is 2.05. The van der Waals surface area contributed by atoms with Crippen LogP contribution in [-0.2, 0) is 14.6 Å². The molecule has 0 bridgehead atoms. The summed E-state index contributed by atoms with van der Waals surface area (Å²) in [6.45, 7) is 5.74. The van der Waals surface area contributed by atoms with Crippen LogP contribution in [0.3, 0.4) is 0 Å². The largest absolute Gasteiger partial charge is 0.397 e. The minimum absolute atomic E-state index is 0.0919. The molecule has 0 atom stereocenters. The van der Waals surface area contributed by atoms with Gasteiger partial charge in [0.2, 0.25) is 0 Å². The molecule has 0 fully saturated rings. The summed E-state index contributed by atoms with van der Waals surface area (Å²) in [4.78, 5) is 2.21. The standard InChI is InChI=1S/C11H24O4S.C6H15N/c1-2-3-4-5-6-7-8-9-10-11-15-16(12,13)14;1-4-5-6-7(2)3/h2-11H2,1H3,(H,12,13,14);4-6H2,1-3H3. The van der Waals surface area contributed by atoms with Crippen molar-refractivity contribution in [1.29, 1.82) is 0 Å². The van der Waals surface area contributed by atoms with Gasteiger partial charge in [-0.25, -0.2) is 4.18 Å². The van der Waals surface area contributed by atoms with Crippen molar-refractivity contribution in [3.8, 4) is 0 Å². The number of hydrogen-bond acceptors (Lipinski definition) is 4. The summed E-state index contributed by atoms with van der Waals surface area (Å²) in [5.74, 6) is 0. The van der Waals surface area contributed by atoms with Gasteiger partial charge in [-0.15, -0.1) is 0 Å². The van der Waals surface area contributed by atoms with E-state index < -0.39 is 10.4 Å². The number of rotatable bonds is 14. The molecule has 0 aliphatic carbocycles. The van der Waals surface area contributed by atoms with Crippen LogP contribution in [-0.4, -0.2) is 45.1 Å². The van der Waals surface area contributed by atoms with Gasteiger partial charge in [-0.3, -0.25) is 4.55 Å². The van der Waals surface area contributed by atoms with E-state index in [1.165, 1.54) is 57.9 Å². The first-order valence-electron chi connectivity index (χ1n) is 9.10.